The van der Waals surface area contributed by atoms with Crippen molar-refractivity contribution in [2.24, 2.45) is 0 Å². The lowest BCUT2D eigenvalue weighted by Crippen LogP contribution is -2.18. The minimum absolute atomic E-state index is 0.0392. The van der Waals surface area contributed by atoms with Gasteiger partial charge in [-0.25, -0.2) is 13.2 Å². The molecule has 2 aromatic carbocycles. The summed E-state index contributed by atoms with van der Waals surface area (Å²) in [4.78, 5) is 0. The van der Waals surface area contributed by atoms with Crippen molar-refractivity contribution >= 4 is 0 Å². The van der Waals surface area contributed by atoms with Gasteiger partial charge in [-0.15, -0.1) is 0 Å². The molecule has 2 rings (SSSR count). The SMILES string of the molecule is CC(NCc1cc(F)c(F)c(F)c1)c1ccccc1. The van der Waals surface area contributed by atoms with Crippen LogP contribution >= 0.6 is 0 Å². The van der Waals surface area contributed by atoms with Crippen molar-refractivity contribution in [2.45, 2.75) is 19.5 Å². The van der Waals surface area contributed by atoms with Gasteiger partial charge in [-0.3, -0.25) is 0 Å². The molecule has 1 nitrogen and oxygen atoms in total. The molecule has 19 heavy (non-hydrogen) atoms. The van der Waals surface area contributed by atoms with E-state index in [1.165, 1.54) is 0 Å². The molecule has 0 saturated carbocycles. The van der Waals surface area contributed by atoms with E-state index in [0.717, 1.165) is 17.7 Å². The van der Waals surface area contributed by atoms with E-state index < -0.39 is 17.5 Å². The van der Waals surface area contributed by atoms with Crippen molar-refractivity contribution in [3.05, 3.63) is 71.0 Å². The maximum Gasteiger partial charge on any atom is 0.194 e. The predicted octanol–water partition coefficient (Wildman–Crippen LogP) is 3.95. The highest BCUT2D eigenvalue weighted by Gasteiger charge is 2.11. The molecule has 0 fully saturated rings. The van der Waals surface area contributed by atoms with Crippen LogP contribution in [0.2, 0.25) is 0 Å². The van der Waals surface area contributed by atoms with Gasteiger partial charge in [0.05, 0.1) is 0 Å². The highest BCUT2D eigenvalue weighted by Crippen LogP contribution is 2.16. The number of benzene rings is 2. The van der Waals surface area contributed by atoms with Crippen molar-refractivity contribution in [1.29, 1.82) is 0 Å². The first-order valence-electron chi connectivity index (χ1n) is 5.99. The molecule has 0 aliphatic carbocycles. The fraction of sp³-hybridized carbons (Fsp3) is 0.200. The zero-order chi connectivity index (χ0) is 13.8. The molecule has 0 aliphatic heterocycles. The first-order chi connectivity index (χ1) is 9.08. The Kier molecular flexibility index (Phi) is 4.22. The van der Waals surface area contributed by atoms with Crippen molar-refractivity contribution in [1.82, 2.24) is 5.32 Å². The van der Waals surface area contributed by atoms with Crippen molar-refractivity contribution in [3.8, 4) is 0 Å². The highest BCUT2D eigenvalue weighted by atomic mass is 19.2. The minimum atomic E-state index is -1.43. The molecule has 0 amide bonds. The van der Waals surface area contributed by atoms with E-state index in [4.69, 9.17) is 0 Å². The Morgan fingerprint density at radius 3 is 2.16 bits per heavy atom. The molecule has 1 atom stereocenters. The van der Waals surface area contributed by atoms with Crippen LogP contribution in [0.1, 0.15) is 24.1 Å². The third-order valence-electron chi connectivity index (χ3n) is 2.96. The molecule has 0 aliphatic rings. The molecule has 0 spiro atoms. The van der Waals surface area contributed by atoms with Crippen molar-refractivity contribution < 1.29 is 13.2 Å². The number of nitrogens with one attached hydrogen (secondary N) is 1. The fourth-order valence-electron chi connectivity index (χ4n) is 1.84. The third-order valence-corrected chi connectivity index (χ3v) is 2.96. The van der Waals surface area contributed by atoms with Crippen LogP contribution in [0.15, 0.2) is 42.5 Å². The smallest absolute Gasteiger partial charge is 0.194 e. The summed E-state index contributed by atoms with van der Waals surface area (Å²) in [5.74, 6) is -3.76. The van der Waals surface area contributed by atoms with Gasteiger partial charge in [-0.05, 0) is 30.2 Å². The standard InChI is InChI=1S/C15H14F3N/c1-10(12-5-3-2-4-6-12)19-9-11-7-13(16)15(18)14(17)8-11/h2-8,10,19H,9H2,1H3. The summed E-state index contributed by atoms with van der Waals surface area (Å²) in [6.07, 6.45) is 0. The molecule has 0 radical (unpaired) electrons. The van der Waals surface area contributed by atoms with Gasteiger partial charge in [0.2, 0.25) is 0 Å². The van der Waals surface area contributed by atoms with Gasteiger partial charge >= 0.3 is 0 Å². The van der Waals surface area contributed by atoms with Gasteiger partial charge < -0.3 is 5.32 Å². The largest absolute Gasteiger partial charge is 0.306 e. The lowest BCUT2D eigenvalue weighted by molar-refractivity contribution is 0.443. The average Bonchev–Trinajstić information content (AvgIpc) is 2.43. The molecule has 0 heterocycles. The van der Waals surface area contributed by atoms with Gasteiger partial charge in [0.1, 0.15) is 0 Å². The minimum Gasteiger partial charge on any atom is -0.306 e. The van der Waals surface area contributed by atoms with E-state index in [2.05, 4.69) is 5.32 Å². The summed E-state index contributed by atoms with van der Waals surface area (Å²) in [6, 6.07) is 11.7. The van der Waals surface area contributed by atoms with Crippen LogP contribution in [0.25, 0.3) is 0 Å². The molecule has 100 valence electrons. The Morgan fingerprint density at radius 2 is 1.58 bits per heavy atom. The van der Waals surface area contributed by atoms with E-state index in [0.29, 0.717) is 5.56 Å². The molecule has 2 aromatic rings. The highest BCUT2D eigenvalue weighted by molar-refractivity contribution is 5.21. The zero-order valence-corrected chi connectivity index (χ0v) is 10.5. The van der Waals surface area contributed by atoms with Crippen LogP contribution < -0.4 is 5.32 Å². The third kappa shape index (κ3) is 3.35. The van der Waals surface area contributed by atoms with Gasteiger partial charge in [-0.1, -0.05) is 30.3 Å². The van der Waals surface area contributed by atoms with Crippen LogP contribution in [-0.4, -0.2) is 0 Å². The lowest BCUT2D eigenvalue weighted by atomic mass is 10.1. The second-order valence-electron chi connectivity index (χ2n) is 4.39. The molecule has 1 unspecified atom stereocenters. The number of halogens is 3. The zero-order valence-electron chi connectivity index (χ0n) is 10.5. The predicted molar refractivity (Wildman–Crippen MR) is 68.0 cm³/mol. The van der Waals surface area contributed by atoms with Crippen LogP contribution in [-0.2, 0) is 6.54 Å². The first-order valence-corrected chi connectivity index (χ1v) is 5.99. The first kappa shape index (κ1) is 13.6. The van der Waals surface area contributed by atoms with Crippen LogP contribution in [0, 0.1) is 17.5 Å². The molecular formula is C15H14F3N. The van der Waals surface area contributed by atoms with Crippen molar-refractivity contribution in [3.63, 3.8) is 0 Å². The monoisotopic (exact) mass is 265 g/mol. The summed E-state index contributed by atoms with van der Waals surface area (Å²) < 4.78 is 38.9. The normalized spacial score (nSPS) is 12.4. The van der Waals surface area contributed by atoms with Crippen LogP contribution in [0.5, 0.6) is 0 Å². The lowest BCUT2D eigenvalue weighted by Gasteiger charge is -2.14. The molecule has 0 aromatic heterocycles. The Hall–Kier alpha value is -1.81. The Labute approximate surface area is 110 Å². The van der Waals surface area contributed by atoms with E-state index in [1.807, 2.05) is 37.3 Å². The summed E-state index contributed by atoms with van der Waals surface area (Å²) in [5.41, 5.74) is 1.45. The van der Waals surface area contributed by atoms with Gasteiger partial charge in [0.15, 0.2) is 17.5 Å². The summed E-state index contributed by atoms with van der Waals surface area (Å²) >= 11 is 0. The number of hydrogen-bond acceptors (Lipinski definition) is 1. The number of rotatable bonds is 4. The quantitative estimate of drug-likeness (QED) is 0.825. The summed E-state index contributed by atoms with van der Waals surface area (Å²) in [7, 11) is 0. The Balaban J connectivity index is 2.03. The Morgan fingerprint density at radius 1 is 1.00 bits per heavy atom. The maximum atomic E-state index is 13.0. The van der Waals surface area contributed by atoms with Gasteiger partial charge in [0, 0.05) is 12.6 Å². The van der Waals surface area contributed by atoms with Gasteiger partial charge in [-0.2, -0.15) is 0 Å². The van der Waals surface area contributed by atoms with E-state index >= 15 is 0 Å². The molecular weight excluding hydrogens is 251 g/mol. The maximum absolute atomic E-state index is 13.0. The van der Waals surface area contributed by atoms with E-state index in [9.17, 15) is 13.2 Å². The fourth-order valence-corrected chi connectivity index (χ4v) is 1.84. The molecule has 1 N–H and O–H groups in total. The van der Waals surface area contributed by atoms with E-state index in [1.54, 1.807) is 0 Å². The second kappa shape index (κ2) is 5.89. The number of hydrogen-bond donors (Lipinski definition) is 1. The summed E-state index contributed by atoms with van der Waals surface area (Å²) in [5, 5.41) is 3.13. The van der Waals surface area contributed by atoms with Crippen LogP contribution in [0.3, 0.4) is 0 Å². The second-order valence-corrected chi connectivity index (χ2v) is 4.39. The summed E-state index contributed by atoms with van der Waals surface area (Å²) in [6.45, 7) is 2.22. The van der Waals surface area contributed by atoms with Crippen molar-refractivity contribution in [2.75, 3.05) is 0 Å². The van der Waals surface area contributed by atoms with Gasteiger partial charge in [0.25, 0.3) is 0 Å². The topological polar surface area (TPSA) is 12.0 Å². The average molecular weight is 265 g/mol. The van der Waals surface area contributed by atoms with Crippen LogP contribution in [0.4, 0.5) is 13.2 Å². The Bertz CT molecular complexity index is 532. The molecule has 0 bridgehead atoms. The molecule has 4 heteroatoms. The van der Waals surface area contributed by atoms with E-state index in [-0.39, 0.29) is 12.6 Å². The molecule has 0 saturated heterocycles.